The average molecular weight is 280 g/mol. The van der Waals surface area contributed by atoms with Crippen molar-refractivity contribution in [3.63, 3.8) is 0 Å². The molecule has 1 amide bonds. The highest BCUT2D eigenvalue weighted by Gasteiger charge is 2.26. The van der Waals surface area contributed by atoms with E-state index in [0.717, 1.165) is 24.9 Å². The van der Waals surface area contributed by atoms with Crippen LogP contribution in [0.15, 0.2) is 24.3 Å². The molecule has 0 radical (unpaired) electrons. The van der Waals surface area contributed by atoms with E-state index >= 15 is 0 Å². The Hall–Kier alpha value is -1.46. The molecule has 1 aromatic carbocycles. The van der Waals surface area contributed by atoms with E-state index in [-0.39, 0.29) is 24.4 Å². The molecule has 110 valence electrons. The van der Waals surface area contributed by atoms with Gasteiger partial charge in [-0.3, -0.25) is 9.69 Å². The molecule has 1 N–H and O–H groups in total. The van der Waals surface area contributed by atoms with Crippen LogP contribution in [0.5, 0.6) is 0 Å². The van der Waals surface area contributed by atoms with Crippen LogP contribution in [0, 0.1) is 5.82 Å². The van der Waals surface area contributed by atoms with Gasteiger partial charge >= 0.3 is 0 Å². The number of carbonyl (C=O) groups excluding carboxylic acids is 1. The molecule has 1 unspecified atom stereocenters. The van der Waals surface area contributed by atoms with E-state index in [1.807, 2.05) is 4.90 Å². The van der Waals surface area contributed by atoms with E-state index in [1.165, 1.54) is 12.1 Å². The van der Waals surface area contributed by atoms with Crippen LogP contribution in [0.1, 0.15) is 18.4 Å². The van der Waals surface area contributed by atoms with Gasteiger partial charge in [0.15, 0.2) is 0 Å². The first kappa shape index (κ1) is 14.9. The largest absolute Gasteiger partial charge is 0.395 e. The number of benzene rings is 1. The first-order chi connectivity index (χ1) is 9.60. The van der Waals surface area contributed by atoms with Crippen molar-refractivity contribution in [2.45, 2.75) is 25.4 Å². The highest BCUT2D eigenvalue weighted by atomic mass is 19.1. The Morgan fingerprint density at radius 1 is 1.45 bits per heavy atom. The third kappa shape index (κ3) is 3.77. The standard InChI is InChI=1S/C15H21FN2O2/c1-17(9-12-4-6-13(16)7-5-12)15(20)10-18-8-2-3-14(18)11-19/h4-7,14,19H,2-3,8-11H2,1H3. The van der Waals surface area contributed by atoms with Crippen LogP contribution in [0.3, 0.4) is 0 Å². The van der Waals surface area contributed by atoms with Gasteiger partial charge in [0.2, 0.25) is 5.91 Å². The number of amides is 1. The average Bonchev–Trinajstić information content (AvgIpc) is 2.88. The van der Waals surface area contributed by atoms with Gasteiger partial charge in [-0.2, -0.15) is 0 Å². The first-order valence-corrected chi connectivity index (χ1v) is 6.93. The molecule has 5 heteroatoms. The zero-order valence-electron chi connectivity index (χ0n) is 11.8. The van der Waals surface area contributed by atoms with Crippen LogP contribution in [0.2, 0.25) is 0 Å². The summed E-state index contributed by atoms with van der Waals surface area (Å²) in [7, 11) is 1.75. The van der Waals surface area contributed by atoms with Gasteiger partial charge in [-0.15, -0.1) is 0 Å². The SMILES string of the molecule is CN(Cc1ccc(F)cc1)C(=O)CN1CCCC1CO. The first-order valence-electron chi connectivity index (χ1n) is 6.93. The maximum atomic E-state index is 12.8. The van der Waals surface area contributed by atoms with Crippen LogP contribution in [-0.4, -0.2) is 53.6 Å². The number of aliphatic hydroxyl groups is 1. The second-order valence-corrected chi connectivity index (χ2v) is 5.33. The van der Waals surface area contributed by atoms with Crippen molar-refractivity contribution >= 4 is 5.91 Å². The number of rotatable bonds is 5. The second-order valence-electron chi connectivity index (χ2n) is 5.33. The molecule has 4 nitrogen and oxygen atoms in total. The molecular formula is C15H21FN2O2. The minimum Gasteiger partial charge on any atom is -0.395 e. The third-order valence-corrected chi connectivity index (χ3v) is 3.81. The number of nitrogens with zero attached hydrogens (tertiary/aromatic N) is 2. The number of carbonyl (C=O) groups is 1. The van der Waals surface area contributed by atoms with E-state index in [4.69, 9.17) is 0 Å². The van der Waals surface area contributed by atoms with Crippen molar-refractivity contribution in [2.24, 2.45) is 0 Å². The lowest BCUT2D eigenvalue weighted by atomic mass is 10.2. The van der Waals surface area contributed by atoms with E-state index < -0.39 is 0 Å². The molecular weight excluding hydrogens is 259 g/mol. The quantitative estimate of drug-likeness (QED) is 0.882. The summed E-state index contributed by atoms with van der Waals surface area (Å²) in [5.74, 6) is -0.250. The summed E-state index contributed by atoms with van der Waals surface area (Å²) in [4.78, 5) is 15.8. The summed E-state index contributed by atoms with van der Waals surface area (Å²) in [5.41, 5.74) is 0.905. The summed E-state index contributed by atoms with van der Waals surface area (Å²) < 4.78 is 12.8. The van der Waals surface area contributed by atoms with Crippen molar-refractivity contribution in [1.29, 1.82) is 0 Å². The zero-order valence-corrected chi connectivity index (χ0v) is 11.8. The van der Waals surface area contributed by atoms with Crippen molar-refractivity contribution in [3.05, 3.63) is 35.6 Å². The van der Waals surface area contributed by atoms with Crippen molar-refractivity contribution in [1.82, 2.24) is 9.80 Å². The normalized spacial score (nSPS) is 19.2. The lowest BCUT2D eigenvalue weighted by Crippen LogP contribution is -2.41. The molecule has 2 rings (SSSR count). The fourth-order valence-electron chi connectivity index (χ4n) is 2.56. The molecule has 1 aliphatic rings. The number of hydrogen-bond donors (Lipinski definition) is 1. The van der Waals surface area contributed by atoms with Gasteiger partial charge in [-0.05, 0) is 37.1 Å². The Morgan fingerprint density at radius 2 is 2.15 bits per heavy atom. The van der Waals surface area contributed by atoms with Gasteiger partial charge in [0.1, 0.15) is 5.82 Å². The van der Waals surface area contributed by atoms with E-state index in [2.05, 4.69) is 0 Å². The van der Waals surface area contributed by atoms with Gasteiger partial charge in [-0.25, -0.2) is 4.39 Å². The molecule has 20 heavy (non-hydrogen) atoms. The molecule has 0 spiro atoms. The lowest BCUT2D eigenvalue weighted by molar-refractivity contribution is -0.132. The minimum atomic E-state index is -0.273. The van der Waals surface area contributed by atoms with Gasteiger partial charge in [0.25, 0.3) is 0 Å². The molecule has 1 aromatic rings. The molecule has 1 atom stereocenters. The van der Waals surface area contributed by atoms with Gasteiger partial charge < -0.3 is 10.0 Å². The third-order valence-electron chi connectivity index (χ3n) is 3.81. The lowest BCUT2D eigenvalue weighted by Gasteiger charge is -2.25. The molecule has 1 fully saturated rings. The van der Waals surface area contributed by atoms with Gasteiger partial charge in [0, 0.05) is 19.6 Å². The Labute approximate surface area is 118 Å². The molecule has 0 aromatic heterocycles. The van der Waals surface area contributed by atoms with Crippen LogP contribution < -0.4 is 0 Å². The number of likely N-dealkylation sites (tertiary alicyclic amines) is 1. The van der Waals surface area contributed by atoms with Crippen LogP contribution in [0.25, 0.3) is 0 Å². The highest BCUT2D eigenvalue weighted by Crippen LogP contribution is 2.16. The van der Waals surface area contributed by atoms with E-state index in [9.17, 15) is 14.3 Å². The summed E-state index contributed by atoms with van der Waals surface area (Å²) in [5, 5.41) is 9.25. The molecule has 1 saturated heterocycles. The summed E-state index contributed by atoms with van der Waals surface area (Å²) in [6.45, 7) is 1.77. The van der Waals surface area contributed by atoms with Crippen molar-refractivity contribution < 1.29 is 14.3 Å². The summed E-state index contributed by atoms with van der Waals surface area (Å²) in [6.07, 6.45) is 1.98. The van der Waals surface area contributed by atoms with E-state index in [0.29, 0.717) is 13.1 Å². The van der Waals surface area contributed by atoms with Gasteiger partial charge in [0.05, 0.1) is 13.2 Å². The Kier molecular flexibility index (Phi) is 5.09. The number of aliphatic hydroxyl groups excluding tert-OH is 1. The van der Waals surface area contributed by atoms with Crippen molar-refractivity contribution in [3.8, 4) is 0 Å². The second kappa shape index (κ2) is 6.81. The smallest absolute Gasteiger partial charge is 0.236 e. The minimum absolute atomic E-state index is 0.0228. The molecule has 0 bridgehead atoms. The fraction of sp³-hybridized carbons (Fsp3) is 0.533. The predicted octanol–water partition coefficient (Wildman–Crippen LogP) is 1.24. The Balaban J connectivity index is 1.87. The number of halogens is 1. The number of hydrogen-bond acceptors (Lipinski definition) is 3. The maximum Gasteiger partial charge on any atom is 0.236 e. The molecule has 1 heterocycles. The molecule has 0 saturated carbocycles. The van der Waals surface area contributed by atoms with Crippen molar-refractivity contribution in [2.75, 3.05) is 26.7 Å². The Morgan fingerprint density at radius 3 is 2.80 bits per heavy atom. The number of likely N-dealkylation sites (N-methyl/N-ethyl adjacent to an activating group) is 1. The summed E-state index contributed by atoms with van der Waals surface area (Å²) >= 11 is 0. The zero-order chi connectivity index (χ0) is 14.5. The predicted molar refractivity (Wildman–Crippen MR) is 74.6 cm³/mol. The Bertz CT molecular complexity index is 450. The highest BCUT2D eigenvalue weighted by molar-refractivity contribution is 5.78. The molecule has 0 aliphatic carbocycles. The van der Waals surface area contributed by atoms with Crippen LogP contribution >= 0.6 is 0 Å². The van der Waals surface area contributed by atoms with Crippen LogP contribution in [-0.2, 0) is 11.3 Å². The fourth-order valence-corrected chi connectivity index (χ4v) is 2.56. The van der Waals surface area contributed by atoms with Gasteiger partial charge in [-0.1, -0.05) is 12.1 Å². The summed E-state index contributed by atoms with van der Waals surface area (Å²) in [6, 6.07) is 6.28. The maximum absolute atomic E-state index is 12.8. The monoisotopic (exact) mass is 280 g/mol. The van der Waals surface area contributed by atoms with E-state index in [1.54, 1.807) is 24.1 Å². The topological polar surface area (TPSA) is 43.8 Å². The van der Waals surface area contributed by atoms with Crippen LogP contribution in [0.4, 0.5) is 4.39 Å². The molecule has 1 aliphatic heterocycles.